The minimum atomic E-state index is -0.482. The fourth-order valence-electron chi connectivity index (χ4n) is 1.34. The van der Waals surface area contributed by atoms with Gasteiger partial charge >= 0.3 is 5.97 Å². The van der Waals surface area contributed by atoms with Crippen molar-refractivity contribution in [2.45, 2.75) is 0 Å². The Morgan fingerprint density at radius 2 is 2.00 bits per heavy atom. The topological polar surface area (TPSA) is 64.1 Å². The lowest BCUT2D eigenvalue weighted by molar-refractivity contribution is 0.0595. The van der Waals surface area contributed by atoms with E-state index in [1.165, 1.54) is 13.3 Å². The van der Waals surface area contributed by atoms with Crippen molar-refractivity contribution in [1.82, 2.24) is 9.97 Å². The Bertz CT molecular complexity index is 514. The number of aromatic nitrogens is 2. The number of esters is 1. The number of anilines is 2. The maximum Gasteiger partial charge on any atom is 0.358 e. The van der Waals surface area contributed by atoms with Gasteiger partial charge in [0.2, 0.25) is 0 Å². The summed E-state index contributed by atoms with van der Waals surface area (Å²) < 4.78 is 4.65. The van der Waals surface area contributed by atoms with Crippen LogP contribution in [0.4, 0.5) is 11.5 Å². The lowest BCUT2D eigenvalue weighted by Gasteiger charge is -2.08. The van der Waals surface area contributed by atoms with Crippen LogP contribution in [0.2, 0.25) is 0 Å². The third-order valence-electron chi connectivity index (χ3n) is 2.11. The number of pyridine rings is 2. The number of carbonyl (C=O) groups is 1. The molecule has 0 radical (unpaired) electrons. The second kappa shape index (κ2) is 5.07. The molecule has 0 saturated carbocycles. The van der Waals surface area contributed by atoms with Crippen molar-refractivity contribution >= 4 is 17.5 Å². The van der Waals surface area contributed by atoms with Crippen LogP contribution in [0.1, 0.15) is 10.5 Å². The van der Waals surface area contributed by atoms with Crippen LogP contribution in [-0.2, 0) is 4.74 Å². The summed E-state index contributed by atoms with van der Waals surface area (Å²) in [6.07, 6.45) is 3.20. The van der Waals surface area contributed by atoms with Crippen LogP contribution < -0.4 is 5.32 Å². The first-order chi connectivity index (χ1) is 8.31. The van der Waals surface area contributed by atoms with Gasteiger partial charge in [-0.1, -0.05) is 6.07 Å². The molecule has 17 heavy (non-hydrogen) atoms. The van der Waals surface area contributed by atoms with E-state index >= 15 is 0 Å². The van der Waals surface area contributed by atoms with Gasteiger partial charge in [0.05, 0.1) is 12.8 Å². The maximum atomic E-state index is 11.5. The number of hydrogen-bond donors (Lipinski definition) is 1. The Kier molecular flexibility index (Phi) is 3.30. The van der Waals surface area contributed by atoms with Gasteiger partial charge in [0.1, 0.15) is 5.82 Å². The molecule has 0 bridgehead atoms. The van der Waals surface area contributed by atoms with Crippen molar-refractivity contribution in [3.8, 4) is 0 Å². The molecule has 2 aromatic heterocycles. The van der Waals surface area contributed by atoms with Gasteiger partial charge in [-0.05, 0) is 24.3 Å². The first kappa shape index (κ1) is 11.1. The molecule has 2 aromatic rings. The third-order valence-corrected chi connectivity index (χ3v) is 2.11. The number of ether oxygens (including phenoxy) is 1. The Balaban J connectivity index is 2.30. The number of nitrogens with zero attached hydrogens (tertiary/aromatic N) is 2. The van der Waals surface area contributed by atoms with E-state index in [4.69, 9.17) is 0 Å². The zero-order valence-corrected chi connectivity index (χ0v) is 9.25. The molecule has 0 aliphatic rings. The van der Waals surface area contributed by atoms with Gasteiger partial charge in [0, 0.05) is 12.4 Å². The van der Waals surface area contributed by atoms with Crippen LogP contribution in [0.15, 0.2) is 42.7 Å². The van der Waals surface area contributed by atoms with Crippen molar-refractivity contribution in [3.63, 3.8) is 0 Å². The van der Waals surface area contributed by atoms with E-state index in [1.54, 1.807) is 24.4 Å². The van der Waals surface area contributed by atoms with E-state index in [1.807, 2.05) is 12.1 Å². The lowest BCUT2D eigenvalue weighted by Crippen LogP contribution is -2.08. The highest BCUT2D eigenvalue weighted by Gasteiger charge is 2.12. The number of methoxy groups -OCH3 is 1. The molecule has 5 heteroatoms. The number of rotatable bonds is 3. The predicted octanol–water partition coefficient (Wildman–Crippen LogP) is 2.01. The number of hydrogen-bond acceptors (Lipinski definition) is 5. The molecule has 2 rings (SSSR count). The fraction of sp³-hybridized carbons (Fsp3) is 0.0833. The summed E-state index contributed by atoms with van der Waals surface area (Å²) in [4.78, 5) is 19.6. The molecule has 2 heterocycles. The standard InChI is InChI=1S/C12H11N3O2/c1-17-12(16)11-9(5-4-8-14-11)15-10-6-2-3-7-13-10/h2-8H,1H3,(H,13,15). The molecular weight excluding hydrogens is 218 g/mol. The molecular formula is C12H11N3O2. The molecule has 0 spiro atoms. The quantitative estimate of drug-likeness (QED) is 0.815. The molecule has 0 amide bonds. The highest BCUT2D eigenvalue weighted by molar-refractivity contribution is 5.94. The van der Waals surface area contributed by atoms with E-state index < -0.39 is 5.97 Å². The Hall–Kier alpha value is -2.43. The van der Waals surface area contributed by atoms with Crippen LogP contribution in [0.5, 0.6) is 0 Å². The number of carbonyl (C=O) groups excluding carboxylic acids is 1. The Labute approximate surface area is 98.5 Å². The molecule has 0 aliphatic heterocycles. The monoisotopic (exact) mass is 229 g/mol. The summed E-state index contributed by atoms with van der Waals surface area (Å²) in [7, 11) is 1.32. The van der Waals surface area contributed by atoms with Gasteiger partial charge in [0.25, 0.3) is 0 Å². The first-order valence-corrected chi connectivity index (χ1v) is 5.02. The van der Waals surface area contributed by atoms with Crippen molar-refractivity contribution in [1.29, 1.82) is 0 Å². The summed E-state index contributed by atoms with van der Waals surface area (Å²) >= 11 is 0. The third kappa shape index (κ3) is 2.57. The van der Waals surface area contributed by atoms with E-state index in [0.29, 0.717) is 11.5 Å². The smallest absolute Gasteiger partial charge is 0.358 e. The van der Waals surface area contributed by atoms with Crippen LogP contribution in [0.3, 0.4) is 0 Å². The molecule has 0 saturated heterocycles. The summed E-state index contributed by atoms with van der Waals surface area (Å²) in [6.45, 7) is 0. The number of nitrogens with one attached hydrogen (secondary N) is 1. The molecule has 0 aliphatic carbocycles. The Morgan fingerprint density at radius 1 is 1.18 bits per heavy atom. The Morgan fingerprint density at radius 3 is 2.71 bits per heavy atom. The van der Waals surface area contributed by atoms with E-state index in [2.05, 4.69) is 20.0 Å². The second-order valence-electron chi connectivity index (χ2n) is 3.23. The summed E-state index contributed by atoms with van der Waals surface area (Å²) in [6, 6.07) is 8.94. The highest BCUT2D eigenvalue weighted by Crippen LogP contribution is 2.17. The summed E-state index contributed by atoms with van der Waals surface area (Å²) in [5, 5.41) is 3.01. The maximum absolute atomic E-state index is 11.5. The zero-order valence-electron chi connectivity index (χ0n) is 9.25. The normalized spacial score (nSPS) is 9.71. The van der Waals surface area contributed by atoms with Gasteiger partial charge < -0.3 is 10.1 Å². The van der Waals surface area contributed by atoms with Crippen LogP contribution >= 0.6 is 0 Å². The average Bonchev–Trinajstić information content (AvgIpc) is 2.40. The van der Waals surface area contributed by atoms with E-state index in [9.17, 15) is 4.79 Å². The molecule has 1 N–H and O–H groups in total. The molecule has 0 fully saturated rings. The van der Waals surface area contributed by atoms with E-state index in [0.717, 1.165) is 0 Å². The van der Waals surface area contributed by atoms with Crippen molar-refractivity contribution in [3.05, 3.63) is 48.4 Å². The SMILES string of the molecule is COC(=O)c1ncccc1Nc1ccccn1. The van der Waals surface area contributed by atoms with Crippen LogP contribution in [0, 0.1) is 0 Å². The summed E-state index contributed by atoms with van der Waals surface area (Å²) in [5.74, 6) is 0.162. The van der Waals surface area contributed by atoms with Crippen molar-refractivity contribution < 1.29 is 9.53 Å². The molecule has 0 unspecified atom stereocenters. The fourth-order valence-corrected chi connectivity index (χ4v) is 1.34. The zero-order chi connectivity index (χ0) is 12.1. The molecule has 0 atom stereocenters. The van der Waals surface area contributed by atoms with E-state index in [-0.39, 0.29) is 5.69 Å². The lowest BCUT2D eigenvalue weighted by atomic mass is 10.3. The van der Waals surface area contributed by atoms with Crippen molar-refractivity contribution in [2.24, 2.45) is 0 Å². The summed E-state index contributed by atoms with van der Waals surface area (Å²) in [5.41, 5.74) is 0.804. The second-order valence-corrected chi connectivity index (χ2v) is 3.23. The highest BCUT2D eigenvalue weighted by atomic mass is 16.5. The van der Waals surface area contributed by atoms with Gasteiger partial charge in [-0.2, -0.15) is 0 Å². The predicted molar refractivity (Wildman–Crippen MR) is 63.1 cm³/mol. The van der Waals surface area contributed by atoms with Gasteiger partial charge in [-0.25, -0.2) is 14.8 Å². The molecule has 5 nitrogen and oxygen atoms in total. The van der Waals surface area contributed by atoms with Crippen LogP contribution in [0.25, 0.3) is 0 Å². The minimum Gasteiger partial charge on any atom is -0.464 e. The van der Waals surface area contributed by atoms with Crippen molar-refractivity contribution in [2.75, 3.05) is 12.4 Å². The van der Waals surface area contributed by atoms with Gasteiger partial charge in [-0.15, -0.1) is 0 Å². The molecule has 86 valence electrons. The molecule has 0 aromatic carbocycles. The van der Waals surface area contributed by atoms with Crippen LogP contribution in [-0.4, -0.2) is 23.0 Å². The average molecular weight is 229 g/mol. The van der Waals surface area contributed by atoms with Gasteiger partial charge in [0.15, 0.2) is 5.69 Å². The minimum absolute atomic E-state index is 0.237. The first-order valence-electron chi connectivity index (χ1n) is 5.02. The van der Waals surface area contributed by atoms with Gasteiger partial charge in [-0.3, -0.25) is 0 Å². The largest absolute Gasteiger partial charge is 0.464 e.